The Morgan fingerprint density at radius 3 is 2.62 bits per heavy atom. The number of rotatable bonds is 3. The molecule has 0 aliphatic carbocycles. The molecule has 1 aromatic carbocycles. The third kappa shape index (κ3) is 2.57. The van der Waals surface area contributed by atoms with Gasteiger partial charge in [0, 0.05) is 12.6 Å². The number of nitriles is 1. The van der Waals surface area contributed by atoms with Gasteiger partial charge in [-0.05, 0) is 28.1 Å². The van der Waals surface area contributed by atoms with Crippen LogP contribution in [-0.2, 0) is 13.6 Å². The Hall–Kier alpha value is -2.99. The monoisotopic (exact) mass is 387 g/mol. The van der Waals surface area contributed by atoms with Crippen LogP contribution in [0.2, 0.25) is 0 Å². The lowest BCUT2D eigenvalue weighted by molar-refractivity contribution is 0.0972. The molecule has 0 bridgehead atoms. The maximum atomic E-state index is 12.4. The van der Waals surface area contributed by atoms with Gasteiger partial charge in [0.15, 0.2) is 21.7 Å². The number of fused-ring (bicyclic) bond motifs is 1. The zero-order chi connectivity index (χ0) is 17.4. The number of carbonyl (C=O) groups excluding carboxylic acids is 1. The summed E-state index contributed by atoms with van der Waals surface area (Å²) in [5.74, 6) is -0.257. The predicted molar refractivity (Wildman–Crippen MR) is 88.8 cm³/mol. The average molecular weight is 388 g/mol. The molecule has 2 aromatic heterocycles. The molecule has 0 aliphatic heterocycles. The highest BCUT2D eigenvalue weighted by atomic mass is 79.9. The smallest absolute Gasteiger partial charge is 0.305 e. The second-order valence-corrected chi connectivity index (χ2v) is 5.78. The Kier molecular flexibility index (Phi) is 3.91. The first kappa shape index (κ1) is 15.9. The lowest BCUT2D eigenvalue weighted by atomic mass is 10.1. The van der Waals surface area contributed by atoms with E-state index in [0.29, 0.717) is 11.1 Å². The quantitative estimate of drug-likeness (QED) is 0.530. The topological polar surface area (TPSA) is 114 Å². The minimum atomic E-state index is -0.612. The summed E-state index contributed by atoms with van der Waals surface area (Å²) >= 11 is 3.21. The molecule has 2 heterocycles. The first-order chi connectivity index (χ1) is 11.4. The van der Waals surface area contributed by atoms with Crippen molar-refractivity contribution in [2.24, 2.45) is 7.05 Å². The van der Waals surface area contributed by atoms with Crippen molar-refractivity contribution in [2.45, 2.75) is 6.54 Å². The fourth-order valence-corrected chi connectivity index (χ4v) is 2.79. The summed E-state index contributed by atoms with van der Waals surface area (Å²) in [7, 11) is 1.48. The van der Waals surface area contributed by atoms with Crippen LogP contribution in [0.25, 0.3) is 11.2 Å². The van der Waals surface area contributed by atoms with Gasteiger partial charge in [0.2, 0.25) is 0 Å². The Morgan fingerprint density at radius 1 is 1.33 bits per heavy atom. The van der Waals surface area contributed by atoms with Crippen LogP contribution in [0.15, 0.2) is 38.6 Å². The van der Waals surface area contributed by atoms with Crippen molar-refractivity contribution in [1.82, 2.24) is 19.1 Å². The second-order valence-electron chi connectivity index (χ2n) is 5.07. The number of halogens is 1. The van der Waals surface area contributed by atoms with Gasteiger partial charge in [-0.2, -0.15) is 5.26 Å². The molecule has 120 valence electrons. The number of imidazole rings is 1. The van der Waals surface area contributed by atoms with E-state index < -0.39 is 11.2 Å². The van der Waals surface area contributed by atoms with E-state index >= 15 is 0 Å². The van der Waals surface area contributed by atoms with Crippen LogP contribution in [0.5, 0.6) is 0 Å². The number of aromatic amines is 1. The molecule has 0 atom stereocenters. The van der Waals surface area contributed by atoms with Crippen LogP contribution in [-0.4, -0.2) is 24.9 Å². The van der Waals surface area contributed by atoms with Crippen LogP contribution < -0.4 is 11.2 Å². The first-order valence-corrected chi connectivity index (χ1v) is 7.60. The number of hydrogen-bond donors (Lipinski definition) is 1. The van der Waals surface area contributed by atoms with E-state index in [1.54, 1.807) is 24.3 Å². The van der Waals surface area contributed by atoms with Crippen LogP contribution in [0, 0.1) is 11.3 Å². The summed E-state index contributed by atoms with van der Waals surface area (Å²) in [6, 6.07) is 8.17. The van der Waals surface area contributed by atoms with Crippen molar-refractivity contribution in [2.75, 3.05) is 0 Å². The van der Waals surface area contributed by atoms with Gasteiger partial charge in [-0.3, -0.25) is 19.1 Å². The molecule has 0 spiro atoms. The molecule has 8 nitrogen and oxygen atoms in total. The molecule has 0 amide bonds. The summed E-state index contributed by atoms with van der Waals surface area (Å²) in [6.07, 6.45) is 0. The van der Waals surface area contributed by atoms with Gasteiger partial charge in [0.05, 0.1) is 18.2 Å². The van der Waals surface area contributed by atoms with Crippen LogP contribution in [0.3, 0.4) is 0 Å². The number of nitrogens with one attached hydrogen (secondary N) is 1. The van der Waals surface area contributed by atoms with Crippen molar-refractivity contribution in [3.05, 3.63) is 61.0 Å². The Labute approximate surface area is 143 Å². The Morgan fingerprint density at radius 2 is 2.00 bits per heavy atom. The largest absolute Gasteiger partial charge is 0.329 e. The number of hydrogen-bond acceptors (Lipinski definition) is 5. The lowest BCUT2D eigenvalue weighted by Crippen LogP contribution is -2.29. The summed E-state index contributed by atoms with van der Waals surface area (Å²) in [5.41, 5.74) is -0.0209. The molecule has 0 aliphatic rings. The van der Waals surface area contributed by atoms with Gasteiger partial charge in [-0.15, -0.1) is 0 Å². The van der Waals surface area contributed by atoms with E-state index in [4.69, 9.17) is 5.26 Å². The molecule has 0 unspecified atom stereocenters. The number of ketones is 1. The van der Waals surface area contributed by atoms with Gasteiger partial charge in [-0.25, -0.2) is 9.78 Å². The van der Waals surface area contributed by atoms with E-state index in [9.17, 15) is 14.4 Å². The second kappa shape index (κ2) is 5.90. The molecule has 3 aromatic rings. The average Bonchev–Trinajstić information content (AvgIpc) is 2.90. The number of nitrogens with zero attached hydrogens (tertiary/aromatic N) is 4. The van der Waals surface area contributed by atoms with Crippen molar-refractivity contribution in [1.29, 1.82) is 5.26 Å². The summed E-state index contributed by atoms with van der Waals surface area (Å²) in [4.78, 5) is 42.5. The van der Waals surface area contributed by atoms with Crippen LogP contribution >= 0.6 is 15.9 Å². The number of benzene rings is 1. The van der Waals surface area contributed by atoms with Gasteiger partial charge in [0.25, 0.3) is 5.56 Å². The number of aromatic nitrogens is 4. The molecule has 3 rings (SSSR count). The van der Waals surface area contributed by atoms with E-state index in [1.165, 1.54) is 16.2 Å². The fourth-order valence-electron chi connectivity index (χ4n) is 2.32. The highest BCUT2D eigenvalue weighted by Crippen LogP contribution is 2.17. The normalized spacial score (nSPS) is 10.7. The van der Waals surface area contributed by atoms with Crippen molar-refractivity contribution in [3.63, 3.8) is 0 Å². The SMILES string of the molecule is Cn1c(=O)[nH]c(=O)c2c1nc(Br)n2CC(=O)c1ccc(C#N)cc1. The Bertz CT molecular complexity index is 1120. The van der Waals surface area contributed by atoms with Gasteiger partial charge in [0.1, 0.15) is 0 Å². The molecule has 9 heteroatoms. The van der Waals surface area contributed by atoms with E-state index in [0.717, 1.165) is 0 Å². The lowest BCUT2D eigenvalue weighted by Gasteiger charge is -2.05. The molecular weight excluding hydrogens is 378 g/mol. The maximum Gasteiger partial charge on any atom is 0.329 e. The molecule has 0 saturated heterocycles. The number of aryl methyl sites for hydroxylation is 1. The fraction of sp³-hybridized carbons (Fsp3) is 0.133. The molecular formula is C15H10BrN5O3. The Balaban J connectivity index is 2.07. The van der Waals surface area contributed by atoms with Gasteiger partial charge >= 0.3 is 5.69 Å². The third-order valence-electron chi connectivity index (χ3n) is 3.60. The highest BCUT2D eigenvalue weighted by molar-refractivity contribution is 9.10. The minimum absolute atomic E-state index is 0.131. The van der Waals surface area contributed by atoms with E-state index in [2.05, 4.69) is 25.9 Å². The molecule has 0 fully saturated rings. The molecule has 24 heavy (non-hydrogen) atoms. The standard InChI is InChI=1S/C15H10BrN5O3/c1-20-12-11(13(23)19-15(20)24)21(14(16)18-12)7-10(22)9-4-2-8(6-17)3-5-9/h2-5H,7H2,1H3,(H,19,23,24). The van der Waals surface area contributed by atoms with Gasteiger partial charge < -0.3 is 4.57 Å². The number of carbonyl (C=O) groups is 1. The molecule has 0 saturated carbocycles. The molecule has 1 N–H and O–H groups in total. The van der Waals surface area contributed by atoms with Crippen molar-refractivity contribution >= 4 is 32.9 Å². The summed E-state index contributed by atoms with van der Waals surface area (Å²) in [6.45, 7) is -0.135. The van der Waals surface area contributed by atoms with Crippen molar-refractivity contribution < 1.29 is 4.79 Å². The van der Waals surface area contributed by atoms with E-state index in [-0.39, 0.29) is 28.2 Å². The van der Waals surface area contributed by atoms with Crippen molar-refractivity contribution in [3.8, 4) is 6.07 Å². The van der Waals surface area contributed by atoms with Crippen LogP contribution in [0.1, 0.15) is 15.9 Å². The van der Waals surface area contributed by atoms with E-state index in [1.807, 2.05) is 6.07 Å². The number of H-pyrrole nitrogens is 1. The zero-order valence-corrected chi connectivity index (χ0v) is 14.0. The third-order valence-corrected chi connectivity index (χ3v) is 4.20. The maximum absolute atomic E-state index is 12.4. The highest BCUT2D eigenvalue weighted by Gasteiger charge is 2.18. The zero-order valence-electron chi connectivity index (χ0n) is 12.4. The van der Waals surface area contributed by atoms with Crippen LogP contribution in [0.4, 0.5) is 0 Å². The summed E-state index contributed by atoms with van der Waals surface area (Å²) < 4.78 is 2.87. The molecule has 0 radical (unpaired) electrons. The minimum Gasteiger partial charge on any atom is -0.305 e. The number of Topliss-reactive ketones (excluding diaryl/α,β-unsaturated/α-hetero) is 1. The summed E-state index contributed by atoms with van der Waals surface area (Å²) in [5, 5.41) is 8.79. The van der Waals surface area contributed by atoms with Gasteiger partial charge in [-0.1, -0.05) is 12.1 Å². The predicted octanol–water partition coefficient (Wildman–Crippen LogP) is 0.940. The first-order valence-electron chi connectivity index (χ1n) is 6.80.